The van der Waals surface area contributed by atoms with E-state index in [9.17, 15) is 4.79 Å². The van der Waals surface area contributed by atoms with E-state index in [1.54, 1.807) is 0 Å². The summed E-state index contributed by atoms with van der Waals surface area (Å²) >= 11 is 20.3. The maximum atomic E-state index is 12.3. The zero-order chi connectivity index (χ0) is 18.4. The second-order valence-electron chi connectivity index (χ2n) is 9.08. The Morgan fingerprint density at radius 1 is 1.00 bits per heavy atom. The molecule has 1 aliphatic heterocycles. The van der Waals surface area contributed by atoms with Crippen molar-refractivity contribution >= 4 is 46.4 Å². The van der Waals surface area contributed by atoms with E-state index in [0.717, 1.165) is 36.6 Å². The summed E-state index contributed by atoms with van der Waals surface area (Å²) in [6, 6.07) is 0. The van der Waals surface area contributed by atoms with Gasteiger partial charge in [-0.05, 0) is 86.3 Å². The Morgan fingerprint density at radius 2 is 1.65 bits per heavy atom. The molecule has 4 bridgehead atoms. The number of nitrogens with zero attached hydrogens (tertiary/aromatic N) is 1. The molecule has 1 heterocycles. The van der Waals surface area contributed by atoms with E-state index < -0.39 is 0 Å². The number of benzene rings is 1. The molecule has 4 aliphatic carbocycles. The molecular weight excluding hydrogens is 389 g/mol. The van der Waals surface area contributed by atoms with Crippen molar-refractivity contribution in [3.63, 3.8) is 0 Å². The summed E-state index contributed by atoms with van der Waals surface area (Å²) < 4.78 is 0. The third-order valence-electron chi connectivity index (χ3n) is 7.60. The van der Waals surface area contributed by atoms with Crippen LogP contribution in [0.5, 0.6) is 0 Å². The van der Waals surface area contributed by atoms with Gasteiger partial charge in [-0.1, -0.05) is 23.2 Å². The van der Waals surface area contributed by atoms with Crippen LogP contribution in [0.2, 0.25) is 10.0 Å². The van der Waals surface area contributed by atoms with Gasteiger partial charge in [-0.15, -0.1) is 11.6 Å². The molecule has 1 aromatic rings. The van der Waals surface area contributed by atoms with Gasteiger partial charge in [0.15, 0.2) is 0 Å². The second kappa shape index (κ2) is 5.78. The van der Waals surface area contributed by atoms with Crippen molar-refractivity contribution in [3.8, 4) is 0 Å². The number of hydrogen-bond donors (Lipinski definition) is 0. The molecule has 1 aromatic carbocycles. The maximum absolute atomic E-state index is 12.3. The van der Waals surface area contributed by atoms with Gasteiger partial charge in [-0.25, -0.2) is 0 Å². The highest BCUT2D eigenvalue weighted by molar-refractivity contribution is 6.45. The van der Waals surface area contributed by atoms with Gasteiger partial charge in [-0.3, -0.25) is 4.79 Å². The molecule has 5 fully saturated rings. The number of rotatable bonds is 2. The van der Waals surface area contributed by atoms with Crippen LogP contribution in [-0.4, -0.2) is 17.3 Å². The standard InChI is InChI=1S/C21H24Cl3NO/c1-10-11(2)18(22)19(23)20(25-4-3-15(25)26)16(10)17-13-5-12-6-14(17)9-21(24,7-12)8-13/h12-14,17H,3-9H2,1-2H3. The number of carbonyl (C=O) groups excluding carboxylic acids is 1. The summed E-state index contributed by atoms with van der Waals surface area (Å²) in [5, 5.41) is 1.16. The van der Waals surface area contributed by atoms with Crippen molar-refractivity contribution in [2.45, 2.75) is 63.2 Å². The smallest absolute Gasteiger partial charge is 0.228 e. The van der Waals surface area contributed by atoms with Crippen molar-refractivity contribution < 1.29 is 4.79 Å². The molecule has 26 heavy (non-hydrogen) atoms. The van der Waals surface area contributed by atoms with Crippen LogP contribution in [0.3, 0.4) is 0 Å². The van der Waals surface area contributed by atoms with E-state index in [1.165, 1.54) is 30.4 Å². The summed E-state index contributed by atoms with van der Waals surface area (Å²) in [4.78, 5) is 14.2. The lowest BCUT2D eigenvalue weighted by Gasteiger charge is -2.58. The number of carbonyl (C=O) groups is 1. The molecule has 5 aliphatic rings. The fraction of sp³-hybridized carbons (Fsp3) is 0.667. The van der Waals surface area contributed by atoms with Crippen LogP contribution in [0.25, 0.3) is 0 Å². The summed E-state index contributed by atoms with van der Waals surface area (Å²) in [5.41, 5.74) is 4.46. The first-order chi connectivity index (χ1) is 12.3. The first-order valence-corrected chi connectivity index (χ1v) is 10.9. The molecule has 0 N–H and O–H groups in total. The van der Waals surface area contributed by atoms with Crippen LogP contribution in [0.1, 0.15) is 61.1 Å². The van der Waals surface area contributed by atoms with Gasteiger partial charge in [-0.2, -0.15) is 0 Å². The number of amides is 1. The van der Waals surface area contributed by atoms with E-state index in [-0.39, 0.29) is 10.8 Å². The van der Waals surface area contributed by atoms with Crippen LogP contribution < -0.4 is 4.90 Å². The molecule has 4 saturated carbocycles. The lowest BCUT2D eigenvalue weighted by Crippen LogP contribution is -2.52. The van der Waals surface area contributed by atoms with Crippen LogP contribution >= 0.6 is 34.8 Å². The zero-order valence-electron chi connectivity index (χ0n) is 15.2. The highest BCUT2D eigenvalue weighted by atomic mass is 35.5. The highest BCUT2D eigenvalue weighted by Gasteiger charge is 2.56. The molecule has 5 heteroatoms. The van der Waals surface area contributed by atoms with Gasteiger partial charge in [0, 0.05) is 17.8 Å². The van der Waals surface area contributed by atoms with Crippen LogP contribution in [-0.2, 0) is 4.79 Å². The van der Waals surface area contributed by atoms with E-state index in [2.05, 4.69) is 6.92 Å². The fourth-order valence-corrected chi connectivity index (χ4v) is 7.74. The minimum Gasteiger partial charge on any atom is -0.310 e. The summed E-state index contributed by atoms with van der Waals surface area (Å²) in [6.45, 7) is 4.95. The fourth-order valence-electron chi connectivity index (χ4n) is 6.55. The van der Waals surface area contributed by atoms with Crippen molar-refractivity contribution in [1.82, 2.24) is 0 Å². The summed E-state index contributed by atoms with van der Waals surface area (Å²) in [5.74, 6) is 2.59. The molecule has 6 rings (SSSR count). The Balaban J connectivity index is 1.68. The zero-order valence-corrected chi connectivity index (χ0v) is 17.5. The topological polar surface area (TPSA) is 20.3 Å². The predicted molar refractivity (Wildman–Crippen MR) is 108 cm³/mol. The van der Waals surface area contributed by atoms with Crippen LogP contribution in [0.15, 0.2) is 0 Å². The number of β-lactam (4-membered cyclic amide) rings is 1. The van der Waals surface area contributed by atoms with Crippen molar-refractivity contribution in [1.29, 1.82) is 0 Å². The van der Waals surface area contributed by atoms with Gasteiger partial charge >= 0.3 is 0 Å². The van der Waals surface area contributed by atoms with Gasteiger partial charge in [0.25, 0.3) is 0 Å². The van der Waals surface area contributed by atoms with Crippen LogP contribution in [0.4, 0.5) is 5.69 Å². The molecule has 0 radical (unpaired) electrons. The SMILES string of the molecule is Cc1c(C)c(C2C3CC4CC2CC(Cl)(C4)C3)c(N2CCC2=O)c(Cl)c1Cl. The van der Waals surface area contributed by atoms with Gasteiger partial charge in [0.1, 0.15) is 0 Å². The molecule has 0 aromatic heterocycles. The van der Waals surface area contributed by atoms with E-state index >= 15 is 0 Å². The number of anilines is 1. The highest BCUT2D eigenvalue weighted by Crippen LogP contribution is 2.65. The Bertz CT molecular complexity index is 804. The first-order valence-electron chi connectivity index (χ1n) is 9.76. The van der Waals surface area contributed by atoms with Gasteiger partial charge in [0.2, 0.25) is 5.91 Å². The third-order valence-corrected chi connectivity index (χ3v) is 9.00. The average Bonchev–Trinajstić information content (AvgIpc) is 2.56. The van der Waals surface area contributed by atoms with Crippen molar-refractivity contribution in [2.24, 2.45) is 17.8 Å². The lowest BCUT2D eigenvalue weighted by molar-refractivity contribution is -0.122. The van der Waals surface area contributed by atoms with E-state index in [1.807, 2.05) is 11.8 Å². The molecule has 0 spiro atoms. The van der Waals surface area contributed by atoms with Crippen molar-refractivity contribution in [3.05, 3.63) is 26.7 Å². The minimum absolute atomic E-state index is 0.0128. The Hall–Kier alpha value is -0.440. The number of hydrogen-bond acceptors (Lipinski definition) is 1. The Kier molecular flexibility index (Phi) is 3.92. The number of alkyl halides is 1. The maximum Gasteiger partial charge on any atom is 0.228 e. The Labute approximate surface area is 170 Å². The molecule has 140 valence electrons. The van der Waals surface area contributed by atoms with Crippen LogP contribution in [0, 0.1) is 31.6 Å². The summed E-state index contributed by atoms with van der Waals surface area (Å²) in [7, 11) is 0. The van der Waals surface area contributed by atoms with Crippen molar-refractivity contribution in [2.75, 3.05) is 11.4 Å². The minimum atomic E-state index is 0.0128. The molecular formula is C21H24Cl3NO. The predicted octanol–water partition coefficient (Wildman–Crippen LogP) is 6.25. The van der Waals surface area contributed by atoms with Gasteiger partial charge in [0.05, 0.1) is 15.7 Å². The molecule has 1 saturated heterocycles. The molecule has 1 amide bonds. The lowest BCUT2D eigenvalue weighted by atomic mass is 9.50. The van der Waals surface area contributed by atoms with Gasteiger partial charge < -0.3 is 4.90 Å². The van der Waals surface area contributed by atoms with E-state index in [4.69, 9.17) is 34.8 Å². The average molecular weight is 413 g/mol. The third kappa shape index (κ3) is 2.34. The first kappa shape index (κ1) is 17.6. The normalized spacial score (nSPS) is 38.0. The molecule has 2 nitrogen and oxygen atoms in total. The quantitative estimate of drug-likeness (QED) is 0.415. The summed E-state index contributed by atoms with van der Waals surface area (Å²) in [6.07, 6.45) is 6.51. The molecule has 2 atom stereocenters. The molecule has 2 unspecified atom stereocenters. The Morgan fingerprint density at radius 3 is 2.15 bits per heavy atom. The van der Waals surface area contributed by atoms with E-state index in [0.29, 0.717) is 34.2 Å². The second-order valence-corrected chi connectivity index (χ2v) is 10.6. The monoisotopic (exact) mass is 411 g/mol. The largest absolute Gasteiger partial charge is 0.310 e. The number of halogens is 3.